The molecule has 0 N–H and O–H groups in total. The first kappa shape index (κ1) is 12.9. The highest BCUT2D eigenvalue weighted by atomic mass is 16.1. The van der Waals surface area contributed by atoms with Crippen LogP contribution in [0.15, 0.2) is 18.2 Å². The minimum absolute atomic E-state index is 0.177. The Hall–Kier alpha value is -1.15. The predicted molar refractivity (Wildman–Crippen MR) is 77.2 cm³/mol. The lowest BCUT2D eigenvalue weighted by Gasteiger charge is -2.26. The van der Waals surface area contributed by atoms with Crippen molar-refractivity contribution in [2.45, 2.75) is 64.6 Å². The molecule has 0 bridgehead atoms. The molecule has 1 aliphatic heterocycles. The van der Waals surface area contributed by atoms with Crippen LogP contribution < -0.4 is 0 Å². The molecule has 1 heterocycles. The van der Waals surface area contributed by atoms with Gasteiger partial charge in [0.25, 0.3) is 0 Å². The van der Waals surface area contributed by atoms with Gasteiger partial charge < -0.3 is 0 Å². The third-order valence-electron chi connectivity index (χ3n) is 4.70. The second kappa shape index (κ2) is 5.46. The summed E-state index contributed by atoms with van der Waals surface area (Å²) < 4.78 is 0. The van der Waals surface area contributed by atoms with Gasteiger partial charge in [0.15, 0.2) is 5.78 Å². The fraction of sp³-hybridized carbons (Fsp3) is 0.588. The molecule has 0 atom stereocenters. The SMILES string of the molecule is CC(=O)c1ccc2c(c1)CN(C1CCCCCC1)C2. The van der Waals surface area contributed by atoms with Gasteiger partial charge >= 0.3 is 0 Å². The normalized spacial score (nSPS) is 21.1. The molecule has 2 nitrogen and oxygen atoms in total. The summed E-state index contributed by atoms with van der Waals surface area (Å²) in [6.45, 7) is 3.78. The largest absolute Gasteiger partial charge is 0.295 e. The van der Waals surface area contributed by atoms with Gasteiger partial charge in [0.2, 0.25) is 0 Å². The number of Topliss-reactive ketones (excluding diaryl/α,β-unsaturated/α-hetero) is 1. The van der Waals surface area contributed by atoms with E-state index in [9.17, 15) is 4.79 Å². The highest BCUT2D eigenvalue weighted by molar-refractivity contribution is 5.94. The molecule has 0 amide bonds. The van der Waals surface area contributed by atoms with Crippen molar-refractivity contribution in [1.29, 1.82) is 0 Å². The molecule has 0 radical (unpaired) electrons. The number of ketones is 1. The Balaban J connectivity index is 1.74. The molecule has 0 aromatic heterocycles. The Morgan fingerprint density at radius 3 is 2.42 bits per heavy atom. The van der Waals surface area contributed by atoms with Crippen molar-refractivity contribution in [3.05, 3.63) is 34.9 Å². The summed E-state index contributed by atoms with van der Waals surface area (Å²) in [5.41, 5.74) is 3.66. The van der Waals surface area contributed by atoms with E-state index in [2.05, 4.69) is 17.0 Å². The summed E-state index contributed by atoms with van der Waals surface area (Å²) in [5.74, 6) is 0.177. The van der Waals surface area contributed by atoms with E-state index in [1.165, 1.54) is 49.7 Å². The van der Waals surface area contributed by atoms with Gasteiger partial charge in [-0.3, -0.25) is 9.69 Å². The second-order valence-corrected chi connectivity index (χ2v) is 6.09. The molecule has 1 fully saturated rings. The molecule has 19 heavy (non-hydrogen) atoms. The van der Waals surface area contributed by atoms with Gasteiger partial charge in [-0.05, 0) is 37.0 Å². The molecule has 102 valence electrons. The summed E-state index contributed by atoms with van der Waals surface area (Å²) in [6.07, 6.45) is 8.30. The number of benzene rings is 1. The third-order valence-corrected chi connectivity index (χ3v) is 4.70. The zero-order valence-corrected chi connectivity index (χ0v) is 11.8. The zero-order valence-electron chi connectivity index (χ0n) is 11.8. The van der Waals surface area contributed by atoms with Crippen molar-refractivity contribution < 1.29 is 4.79 Å². The van der Waals surface area contributed by atoms with E-state index in [1.807, 2.05) is 6.07 Å². The minimum Gasteiger partial charge on any atom is -0.295 e. The Labute approximate surface area is 115 Å². The van der Waals surface area contributed by atoms with Crippen LogP contribution in [0.2, 0.25) is 0 Å². The second-order valence-electron chi connectivity index (χ2n) is 6.09. The van der Waals surface area contributed by atoms with Crippen LogP contribution in [0, 0.1) is 0 Å². The third kappa shape index (κ3) is 2.74. The number of nitrogens with zero attached hydrogens (tertiary/aromatic N) is 1. The molecule has 0 saturated heterocycles. The predicted octanol–water partition coefficient (Wildman–Crippen LogP) is 3.93. The Kier molecular flexibility index (Phi) is 3.69. The number of rotatable bonds is 2. The lowest BCUT2D eigenvalue weighted by molar-refractivity contribution is 0.101. The average molecular weight is 257 g/mol. The van der Waals surface area contributed by atoms with Crippen LogP contribution in [0.25, 0.3) is 0 Å². The Bertz CT molecular complexity index is 472. The molecule has 1 aliphatic carbocycles. The van der Waals surface area contributed by atoms with E-state index in [0.29, 0.717) is 0 Å². The Morgan fingerprint density at radius 1 is 1.05 bits per heavy atom. The van der Waals surface area contributed by atoms with Crippen LogP contribution in [0.5, 0.6) is 0 Å². The van der Waals surface area contributed by atoms with E-state index >= 15 is 0 Å². The standard InChI is InChI=1S/C17H23NO/c1-13(19)14-8-9-15-11-18(12-16(15)10-14)17-6-4-2-3-5-7-17/h8-10,17H,2-7,11-12H2,1H3. The van der Waals surface area contributed by atoms with E-state index < -0.39 is 0 Å². The summed E-state index contributed by atoms with van der Waals surface area (Å²) >= 11 is 0. The lowest BCUT2D eigenvalue weighted by Crippen LogP contribution is -2.29. The minimum atomic E-state index is 0.177. The monoisotopic (exact) mass is 257 g/mol. The van der Waals surface area contributed by atoms with E-state index in [4.69, 9.17) is 0 Å². The van der Waals surface area contributed by atoms with Crippen molar-refractivity contribution in [1.82, 2.24) is 4.90 Å². The first-order chi connectivity index (χ1) is 9.24. The number of fused-ring (bicyclic) bond motifs is 1. The van der Waals surface area contributed by atoms with Crippen LogP contribution >= 0.6 is 0 Å². The molecule has 1 aromatic rings. The topological polar surface area (TPSA) is 20.3 Å². The molecule has 3 rings (SSSR count). The molecule has 0 spiro atoms. The maximum Gasteiger partial charge on any atom is 0.159 e. The van der Waals surface area contributed by atoms with Crippen molar-refractivity contribution in [3.8, 4) is 0 Å². The average Bonchev–Trinajstić information content (AvgIpc) is 2.64. The quantitative estimate of drug-likeness (QED) is 0.591. The maximum absolute atomic E-state index is 11.5. The molecule has 1 aromatic carbocycles. The van der Waals surface area contributed by atoms with Crippen LogP contribution in [-0.4, -0.2) is 16.7 Å². The van der Waals surface area contributed by atoms with Gasteiger partial charge in [0, 0.05) is 24.7 Å². The number of carbonyl (C=O) groups excluding carboxylic acids is 1. The molecular formula is C17H23NO. The molecule has 1 saturated carbocycles. The highest BCUT2D eigenvalue weighted by Gasteiger charge is 2.26. The van der Waals surface area contributed by atoms with Crippen molar-refractivity contribution >= 4 is 5.78 Å². The molecular weight excluding hydrogens is 234 g/mol. The van der Waals surface area contributed by atoms with Crippen LogP contribution in [0.4, 0.5) is 0 Å². The van der Waals surface area contributed by atoms with E-state index in [1.54, 1.807) is 6.92 Å². The van der Waals surface area contributed by atoms with Crippen LogP contribution in [-0.2, 0) is 13.1 Å². The molecule has 2 heteroatoms. The van der Waals surface area contributed by atoms with Crippen LogP contribution in [0.3, 0.4) is 0 Å². The zero-order chi connectivity index (χ0) is 13.2. The van der Waals surface area contributed by atoms with Crippen molar-refractivity contribution in [3.63, 3.8) is 0 Å². The highest BCUT2D eigenvalue weighted by Crippen LogP contribution is 2.30. The van der Waals surface area contributed by atoms with E-state index in [0.717, 1.165) is 24.7 Å². The van der Waals surface area contributed by atoms with Gasteiger partial charge in [0.05, 0.1) is 0 Å². The van der Waals surface area contributed by atoms with Gasteiger partial charge in [-0.15, -0.1) is 0 Å². The van der Waals surface area contributed by atoms with Crippen LogP contribution in [0.1, 0.15) is 66.9 Å². The smallest absolute Gasteiger partial charge is 0.159 e. The van der Waals surface area contributed by atoms with Gasteiger partial charge in [-0.25, -0.2) is 0 Å². The first-order valence-corrected chi connectivity index (χ1v) is 7.61. The van der Waals surface area contributed by atoms with E-state index in [-0.39, 0.29) is 5.78 Å². The summed E-state index contributed by atoms with van der Waals surface area (Å²) in [5, 5.41) is 0. The Morgan fingerprint density at radius 2 is 1.74 bits per heavy atom. The van der Waals surface area contributed by atoms with Gasteiger partial charge in [-0.1, -0.05) is 37.8 Å². The fourth-order valence-electron chi connectivity index (χ4n) is 3.52. The molecule has 2 aliphatic rings. The number of hydrogen-bond donors (Lipinski definition) is 0. The summed E-state index contributed by atoms with van der Waals surface area (Å²) in [4.78, 5) is 14.1. The van der Waals surface area contributed by atoms with Crippen molar-refractivity contribution in [2.24, 2.45) is 0 Å². The number of hydrogen-bond acceptors (Lipinski definition) is 2. The summed E-state index contributed by atoms with van der Waals surface area (Å²) in [6, 6.07) is 7.00. The van der Waals surface area contributed by atoms with Crippen molar-refractivity contribution in [2.75, 3.05) is 0 Å². The lowest BCUT2D eigenvalue weighted by atomic mass is 10.0. The van der Waals surface area contributed by atoms with Gasteiger partial charge in [-0.2, -0.15) is 0 Å². The van der Waals surface area contributed by atoms with Gasteiger partial charge in [0.1, 0.15) is 0 Å². The maximum atomic E-state index is 11.5. The summed E-state index contributed by atoms with van der Waals surface area (Å²) in [7, 11) is 0. The molecule has 0 unspecified atom stereocenters. The first-order valence-electron chi connectivity index (χ1n) is 7.61. The number of carbonyl (C=O) groups is 1. The fourth-order valence-corrected chi connectivity index (χ4v) is 3.52.